The molecule has 1 aromatic rings. The molecule has 6 nitrogen and oxygen atoms in total. The first-order valence-electron chi connectivity index (χ1n) is 6.22. The highest BCUT2D eigenvalue weighted by atomic mass is 16.5. The molecular weight excluding hydrogens is 246 g/mol. The first-order chi connectivity index (χ1) is 9.13. The normalized spacial score (nSPS) is 14.9. The number of aliphatic hydroxyl groups excluding tert-OH is 1. The molecule has 0 saturated heterocycles. The van der Waals surface area contributed by atoms with Gasteiger partial charge in [-0.25, -0.2) is 0 Å². The Balaban J connectivity index is 2.16. The summed E-state index contributed by atoms with van der Waals surface area (Å²) in [5, 5.41) is 15.0. The third kappa shape index (κ3) is 3.15. The summed E-state index contributed by atoms with van der Waals surface area (Å²) < 4.78 is 5.09. The van der Waals surface area contributed by atoms with E-state index in [0.29, 0.717) is 25.1 Å². The van der Waals surface area contributed by atoms with E-state index in [-0.39, 0.29) is 18.6 Å². The topological polar surface area (TPSA) is 96.6 Å². The van der Waals surface area contributed by atoms with E-state index < -0.39 is 0 Å². The number of benzene rings is 1. The fraction of sp³-hybridized carbons (Fsp3) is 0.462. The maximum atomic E-state index is 11.3. The fourth-order valence-corrected chi connectivity index (χ4v) is 2.19. The van der Waals surface area contributed by atoms with Gasteiger partial charge in [0.25, 0.3) is 0 Å². The number of methoxy groups -OCH3 is 1. The van der Waals surface area contributed by atoms with Crippen LogP contribution in [-0.2, 0) is 16.0 Å². The lowest BCUT2D eigenvalue weighted by atomic mass is 10.1. The lowest BCUT2D eigenvalue weighted by Gasteiger charge is -2.20. The number of hydrogen-bond acceptors (Lipinski definition) is 5. The van der Waals surface area contributed by atoms with Crippen LogP contribution in [0.3, 0.4) is 0 Å². The summed E-state index contributed by atoms with van der Waals surface area (Å²) >= 11 is 0. The minimum atomic E-state index is -0.0209. The third-order valence-electron chi connectivity index (χ3n) is 3.11. The standard InChI is InChI=1S/C13H19N3O3/c1-19-7-9(2-3-17)15-12-6-11-8(4-10(12)14)5-13(18)16-11/h4,6,9,15,17H,2-3,5,7,14H2,1H3,(H,16,18). The lowest BCUT2D eigenvalue weighted by Crippen LogP contribution is -2.26. The number of nitrogen functional groups attached to an aromatic ring is 1. The molecule has 0 fully saturated rings. The molecule has 0 aliphatic carbocycles. The third-order valence-corrected chi connectivity index (χ3v) is 3.11. The second-order valence-corrected chi connectivity index (χ2v) is 4.63. The molecular formula is C13H19N3O3. The number of hydrogen-bond donors (Lipinski definition) is 4. The first-order valence-corrected chi connectivity index (χ1v) is 6.22. The molecule has 0 bridgehead atoms. The summed E-state index contributed by atoms with van der Waals surface area (Å²) in [7, 11) is 1.61. The van der Waals surface area contributed by atoms with Crippen LogP contribution in [0.1, 0.15) is 12.0 Å². The van der Waals surface area contributed by atoms with E-state index in [4.69, 9.17) is 15.6 Å². The highest BCUT2D eigenvalue weighted by Gasteiger charge is 2.20. The van der Waals surface area contributed by atoms with E-state index in [2.05, 4.69) is 10.6 Å². The Kier molecular flexibility index (Phi) is 4.24. The van der Waals surface area contributed by atoms with Crippen LogP contribution in [0.15, 0.2) is 12.1 Å². The molecule has 0 saturated carbocycles. The van der Waals surface area contributed by atoms with E-state index in [0.717, 1.165) is 16.9 Å². The molecule has 19 heavy (non-hydrogen) atoms. The number of aliphatic hydroxyl groups is 1. The molecule has 0 spiro atoms. The van der Waals surface area contributed by atoms with E-state index in [1.165, 1.54) is 0 Å². The van der Waals surface area contributed by atoms with Crippen LogP contribution < -0.4 is 16.4 Å². The van der Waals surface area contributed by atoms with Gasteiger partial charge in [-0.3, -0.25) is 4.79 Å². The number of rotatable bonds is 6. The Bertz CT molecular complexity index is 470. The zero-order valence-corrected chi connectivity index (χ0v) is 10.9. The summed E-state index contributed by atoms with van der Waals surface area (Å²) in [6, 6.07) is 3.61. The summed E-state index contributed by atoms with van der Waals surface area (Å²) in [5.41, 5.74) is 9.02. The highest BCUT2D eigenvalue weighted by molar-refractivity contribution is 6.00. The van der Waals surface area contributed by atoms with Crippen molar-refractivity contribution in [2.75, 3.05) is 36.7 Å². The van der Waals surface area contributed by atoms with Crippen LogP contribution >= 0.6 is 0 Å². The van der Waals surface area contributed by atoms with Crippen molar-refractivity contribution >= 4 is 23.0 Å². The fourth-order valence-electron chi connectivity index (χ4n) is 2.19. The van der Waals surface area contributed by atoms with E-state index in [9.17, 15) is 4.79 Å². The molecule has 5 N–H and O–H groups in total. The van der Waals surface area contributed by atoms with E-state index in [1.807, 2.05) is 6.07 Å². The van der Waals surface area contributed by atoms with Gasteiger partial charge in [-0.05, 0) is 24.1 Å². The second-order valence-electron chi connectivity index (χ2n) is 4.63. The van der Waals surface area contributed by atoms with Gasteiger partial charge >= 0.3 is 0 Å². The first kappa shape index (κ1) is 13.6. The maximum Gasteiger partial charge on any atom is 0.228 e. The van der Waals surface area contributed by atoms with Crippen molar-refractivity contribution in [2.45, 2.75) is 18.9 Å². The smallest absolute Gasteiger partial charge is 0.228 e. The number of anilines is 3. The van der Waals surface area contributed by atoms with Crippen LogP contribution in [0.5, 0.6) is 0 Å². The van der Waals surface area contributed by atoms with Gasteiger partial charge in [-0.2, -0.15) is 0 Å². The molecule has 1 aliphatic rings. The molecule has 1 heterocycles. The number of ether oxygens (including phenoxy) is 1. The predicted molar refractivity (Wildman–Crippen MR) is 74.2 cm³/mol. The van der Waals surface area contributed by atoms with E-state index >= 15 is 0 Å². The Morgan fingerprint density at radius 3 is 3.05 bits per heavy atom. The van der Waals surface area contributed by atoms with Gasteiger partial charge < -0.3 is 26.2 Å². The monoisotopic (exact) mass is 265 g/mol. The zero-order valence-electron chi connectivity index (χ0n) is 10.9. The van der Waals surface area contributed by atoms with Crippen molar-refractivity contribution in [3.05, 3.63) is 17.7 Å². The predicted octanol–water partition coefficient (Wildman–Crippen LogP) is 0.573. The number of nitrogens with two attached hydrogens (primary N) is 1. The lowest BCUT2D eigenvalue weighted by molar-refractivity contribution is -0.115. The van der Waals surface area contributed by atoms with Gasteiger partial charge in [0.1, 0.15) is 0 Å². The Morgan fingerprint density at radius 1 is 1.58 bits per heavy atom. The summed E-state index contributed by atoms with van der Waals surface area (Å²) in [4.78, 5) is 11.3. The van der Waals surface area contributed by atoms with Crippen LogP contribution in [0, 0.1) is 0 Å². The van der Waals surface area contributed by atoms with Gasteiger partial charge in [0, 0.05) is 19.4 Å². The largest absolute Gasteiger partial charge is 0.397 e. The molecule has 1 aliphatic heterocycles. The minimum Gasteiger partial charge on any atom is -0.397 e. The van der Waals surface area contributed by atoms with Crippen LogP contribution in [0.2, 0.25) is 0 Å². The Labute approximate surface area is 111 Å². The molecule has 6 heteroatoms. The van der Waals surface area contributed by atoms with Crippen molar-refractivity contribution in [3.63, 3.8) is 0 Å². The van der Waals surface area contributed by atoms with Gasteiger partial charge in [-0.1, -0.05) is 0 Å². The molecule has 1 aromatic carbocycles. The number of fused-ring (bicyclic) bond motifs is 1. The summed E-state index contributed by atoms with van der Waals surface area (Å²) in [5.74, 6) is -0.0182. The van der Waals surface area contributed by atoms with Crippen LogP contribution in [0.25, 0.3) is 0 Å². The van der Waals surface area contributed by atoms with Crippen molar-refractivity contribution in [2.24, 2.45) is 0 Å². The van der Waals surface area contributed by atoms with Crippen molar-refractivity contribution in [3.8, 4) is 0 Å². The number of carbonyl (C=O) groups is 1. The molecule has 0 radical (unpaired) electrons. The number of amides is 1. The van der Waals surface area contributed by atoms with Gasteiger partial charge in [-0.15, -0.1) is 0 Å². The summed E-state index contributed by atoms with van der Waals surface area (Å²) in [6.07, 6.45) is 0.939. The van der Waals surface area contributed by atoms with Crippen LogP contribution in [-0.4, -0.2) is 37.4 Å². The summed E-state index contributed by atoms with van der Waals surface area (Å²) in [6.45, 7) is 0.548. The number of nitrogens with one attached hydrogen (secondary N) is 2. The number of carbonyl (C=O) groups excluding carboxylic acids is 1. The average molecular weight is 265 g/mol. The van der Waals surface area contributed by atoms with Crippen molar-refractivity contribution in [1.82, 2.24) is 0 Å². The molecule has 1 amide bonds. The van der Waals surface area contributed by atoms with Gasteiger partial charge in [0.2, 0.25) is 5.91 Å². The van der Waals surface area contributed by atoms with Gasteiger partial charge in [0.05, 0.1) is 30.4 Å². The zero-order chi connectivity index (χ0) is 13.8. The Hall–Kier alpha value is -1.79. The molecule has 104 valence electrons. The van der Waals surface area contributed by atoms with Gasteiger partial charge in [0.15, 0.2) is 0 Å². The average Bonchev–Trinajstić information content (AvgIpc) is 2.69. The molecule has 1 atom stereocenters. The molecule has 0 aromatic heterocycles. The van der Waals surface area contributed by atoms with Crippen LogP contribution in [0.4, 0.5) is 17.1 Å². The second kappa shape index (κ2) is 5.90. The quantitative estimate of drug-likeness (QED) is 0.564. The SMILES string of the molecule is COCC(CCO)Nc1cc2c(cc1N)CC(=O)N2. The van der Waals surface area contributed by atoms with E-state index in [1.54, 1.807) is 13.2 Å². The molecule has 2 rings (SSSR count). The Morgan fingerprint density at radius 2 is 2.37 bits per heavy atom. The maximum absolute atomic E-state index is 11.3. The van der Waals surface area contributed by atoms with Crippen molar-refractivity contribution < 1.29 is 14.6 Å². The highest BCUT2D eigenvalue weighted by Crippen LogP contribution is 2.31. The molecule has 1 unspecified atom stereocenters. The minimum absolute atomic E-state index is 0.0182. The van der Waals surface area contributed by atoms with Crippen molar-refractivity contribution in [1.29, 1.82) is 0 Å².